The maximum absolute atomic E-state index is 12.4. The number of hydrogen-bond acceptors (Lipinski definition) is 4. The standard InChI is InChI=1S/C18H23N3O2S/c1-13-14(2)24-17(20-13)11-19-18(22)21-8-9-23-16(12-21)10-15-6-4-3-5-7-15/h3-7,16H,8-12H2,1-2H3,(H,19,22)/t16-/m0/s1. The Labute approximate surface area is 146 Å². The van der Waals surface area contributed by atoms with E-state index < -0.39 is 0 Å². The number of nitrogens with one attached hydrogen (secondary N) is 1. The summed E-state index contributed by atoms with van der Waals surface area (Å²) in [6.45, 7) is 6.37. The lowest BCUT2D eigenvalue weighted by molar-refractivity contribution is -0.0133. The molecule has 1 saturated heterocycles. The van der Waals surface area contributed by atoms with Crippen LogP contribution in [-0.4, -0.2) is 41.7 Å². The first-order valence-electron chi connectivity index (χ1n) is 8.23. The lowest BCUT2D eigenvalue weighted by atomic mass is 10.1. The van der Waals surface area contributed by atoms with E-state index in [2.05, 4.69) is 29.4 Å². The second kappa shape index (κ2) is 7.77. The molecule has 0 unspecified atom stereocenters. The van der Waals surface area contributed by atoms with Gasteiger partial charge in [-0.3, -0.25) is 0 Å². The second-order valence-electron chi connectivity index (χ2n) is 6.04. The van der Waals surface area contributed by atoms with Crippen LogP contribution in [0.3, 0.4) is 0 Å². The van der Waals surface area contributed by atoms with E-state index in [4.69, 9.17) is 4.74 Å². The number of rotatable bonds is 4. The largest absolute Gasteiger partial charge is 0.374 e. The molecule has 1 fully saturated rings. The van der Waals surface area contributed by atoms with Crippen LogP contribution in [0.5, 0.6) is 0 Å². The quantitative estimate of drug-likeness (QED) is 0.927. The molecule has 6 heteroatoms. The van der Waals surface area contributed by atoms with Gasteiger partial charge in [-0.15, -0.1) is 11.3 Å². The monoisotopic (exact) mass is 345 g/mol. The number of ether oxygens (including phenoxy) is 1. The van der Waals surface area contributed by atoms with Crippen molar-refractivity contribution in [2.75, 3.05) is 19.7 Å². The molecule has 0 saturated carbocycles. The molecule has 2 amide bonds. The van der Waals surface area contributed by atoms with Gasteiger partial charge in [0.2, 0.25) is 0 Å². The summed E-state index contributed by atoms with van der Waals surface area (Å²) in [5.74, 6) is 0. The highest BCUT2D eigenvalue weighted by molar-refractivity contribution is 7.11. The molecule has 0 aliphatic carbocycles. The number of amides is 2. The molecule has 3 rings (SSSR count). The van der Waals surface area contributed by atoms with Gasteiger partial charge in [-0.25, -0.2) is 9.78 Å². The molecular weight excluding hydrogens is 322 g/mol. The summed E-state index contributed by atoms with van der Waals surface area (Å²) in [6.07, 6.45) is 0.881. The average Bonchev–Trinajstić information content (AvgIpc) is 2.92. The Hall–Kier alpha value is -1.92. The predicted octanol–water partition coefficient (Wildman–Crippen LogP) is 2.91. The predicted molar refractivity (Wildman–Crippen MR) is 95.3 cm³/mol. The number of aromatic nitrogens is 1. The normalized spacial score (nSPS) is 17.8. The first-order valence-corrected chi connectivity index (χ1v) is 9.04. The number of carbonyl (C=O) groups excluding carboxylic acids is 1. The van der Waals surface area contributed by atoms with Crippen molar-refractivity contribution in [3.05, 3.63) is 51.5 Å². The van der Waals surface area contributed by atoms with Crippen LogP contribution in [0.15, 0.2) is 30.3 Å². The summed E-state index contributed by atoms with van der Waals surface area (Å²) >= 11 is 1.64. The highest BCUT2D eigenvalue weighted by atomic mass is 32.1. The van der Waals surface area contributed by atoms with Crippen molar-refractivity contribution in [3.63, 3.8) is 0 Å². The van der Waals surface area contributed by atoms with Crippen molar-refractivity contribution in [3.8, 4) is 0 Å². The van der Waals surface area contributed by atoms with E-state index in [-0.39, 0.29) is 12.1 Å². The first kappa shape index (κ1) is 16.9. The number of carbonyl (C=O) groups is 1. The highest BCUT2D eigenvalue weighted by Gasteiger charge is 2.24. The second-order valence-corrected chi connectivity index (χ2v) is 7.32. The van der Waals surface area contributed by atoms with Crippen LogP contribution in [0.4, 0.5) is 4.79 Å². The molecule has 1 aromatic heterocycles. The maximum Gasteiger partial charge on any atom is 0.317 e. The molecule has 1 aliphatic rings. The van der Waals surface area contributed by atoms with E-state index in [0.717, 1.165) is 17.1 Å². The van der Waals surface area contributed by atoms with Crippen LogP contribution in [0.25, 0.3) is 0 Å². The van der Waals surface area contributed by atoms with Gasteiger partial charge in [0.05, 0.1) is 24.9 Å². The summed E-state index contributed by atoms with van der Waals surface area (Å²) in [4.78, 5) is 19.9. The van der Waals surface area contributed by atoms with Crippen molar-refractivity contribution >= 4 is 17.4 Å². The highest BCUT2D eigenvalue weighted by Crippen LogP contribution is 2.16. The first-order chi connectivity index (χ1) is 11.6. The number of benzene rings is 1. The third-order valence-corrected chi connectivity index (χ3v) is 5.27. The van der Waals surface area contributed by atoms with Gasteiger partial charge >= 0.3 is 6.03 Å². The van der Waals surface area contributed by atoms with Crippen LogP contribution < -0.4 is 5.32 Å². The Morgan fingerprint density at radius 2 is 2.17 bits per heavy atom. The fraction of sp³-hybridized carbons (Fsp3) is 0.444. The van der Waals surface area contributed by atoms with E-state index in [1.807, 2.05) is 30.0 Å². The summed E-state index contributed by atoms with van der Waals surface area (Å²) in [5, 5.41) is 3.92. The lowest BCUT2D eigenvalue weighted by Crippen LogP contribution is -2.50. The van der Waals surface area contributed by atoms with E-state index in [9.17, 15) is 4.79 Å². The fourth-order valence-corrected chi connectivity index (χ4v) is 3.66. The van der Waals surface area contributed by atoms with Crippen molar-refractivity contribution in [2.45, 2.75) is 32.9 Å². The third kappa shape index (κ3) is 4.33. The SMILES string of the molecule is Cc1nc(CNC(=O)N2CCO[C@@H](Cc3ccccc3)C2)sc1C. The smallest absolute Gasteiger partial charge is 0.317 e. The number of aryl methyl sites for hydroxylation is 2. The zero-order chi connectivity index (χ0) is 16.9. The number of urea groups is 1. The van der Waals surface area contributed by atoms with Gasteiger partial charge in [-0.2, -0.15) is 0 Å². The van der Waals surface area contributed by atoms with Crippen molar-refractivity contribution in [1.29, 1.82) is 0 Å². The molecule has 0 radical (unpaired) electrons. The fourth-order valence-electron chi connectivity index (χ4n) is 2.78. The maximum atomic E-state index is 12.4. The summed E-state index contributed by atoms with van der Waals surface area (Å²) < 4.78 is 5.81. The molecule has 128 valence electrons. The summed E-state index contributed by atoms with van der Waals surface area (Å²) in [7, 11) is 0. The van der Waals surface area contributed by atoms with E-state index in [1.165, 1.54) is 10.4 Å². The molecule has 1 aromatic carbocycles. The Bertz CT molecular complexity index is 667. The molecule has 2 heterocycles. The van der Waals surface area contributed by atoms with Crippen LogP contribution in [0, 0.1) is 13.8 Å². The molecule has 1 atom stereocenters. The van der Waals surface area contributed by atoms with Gasteiger partial charge in [-0.05, 0) is 19.4 Å². The zero-order valence-electron chi connectivity index (χ0n) is 14.1. The number of hydrogen-bond donors (Lipinski definition) is 1. The van der Waals surface area contributed by atoms with Crippen LogP contribution in [0.1, 0.15) is 21.1 Å². The Balaban J connectivity index is 1.51. The topological polar surface area (TPSA) is 54.5 Å². The minimum atomic E-state index is -0.0399. The van der Waals surface area contributed by atoms with Gasteiger partial charge in [-0.1, -0.05) is 30.3 Å². The van der Waals surface area contributed by atoms with Gasteiger partial charge < -0.3 is 15.0 Å². The third-order valence-electron chi connectivity index (χ3n) is 4.20. The van der Waals surface area contributed by atoms with Crippen LogP contribution in [0.2, 0.25) is 0 Å². The average molecular weight is 345 g/mol. The molecule has 1 N–H and O–H groups in total. The zero-order valence-corrected chi connectivity index (χ0v) is 14.9. The minimum Gasteiger partial charge on any atom is -0.374 e. The molecule has 0 bridgehead atoms. The number of morpholine rings is 1. The molecule has 24 heavy (non-hydrogen) atoms. The summed E-state index contributed by atoms with van der Waals surface area (Å²) in [6, 6.07) is 10.2. The number of thiazole rings is 1. The van der Waals surface area contributed by atoms with Crippen molar-refractivity contribution in [1.82, 2.24) is 15.2 Å². The van der Waals surface area contributed by atoms with Crippen LogP contribution in [-0.2, 0) is 17.7 Å². The number of nitrogens with zero attached hydrogens (tertiary/aromatic N) is 2. The Morgan fingerprint density at radius 3 is 2.88 bits per heavy atom. The lowest BCUT2D eigenvalue weighted by Gasteiger charge is -2.33. The molecule has 2 aromatic rings. The molecular formula is C18H23N3O2S. The Morgan fingerprint density at radius 1 is 1.38 bits per heavy atom. The van der Waals surface area contributed by atoms with Gasteiger partial charge in [0.15, 0.2) is 0 Å². The van der Waals surface area contributed by atoms with E-state index in [0.29, 0.717) is 26.2 Å². The molecule has 0 spiro atoms. The Kier molecular flexibility index (Phi) is 5.48. The van der Waals surface area contributed by atoms with Gasteiger partial charge in [0.25, 0.3) is 0 Å². The summed E-state index contributed by atoms with van der Waals surface area (Å²) in [5.41, 5.74) is 2.28. The minimum absolute atomic E-state index is 0.0399. The van der Waals surface area contributed by atoms with Crippen molar-refractivity contribution < 1.29 is 9.53 Å². The van der Waals surface area contributed by atoms with E-state index >= 15 is 0 Å². The van der Waals surface area contributed by atoms with E-state index in [1.54, 1.807) is 11.3 Å². The van der Waals surface area contributed by atoms with Crippen LogP contribution >= 0.6 is 11.3 Å². The molecule has 5 nitrogen and oxygen atoms in total. The van der Waals surface area contributed by atoms with Gasteiger partial charge in [0, 0.05) is 24.4 Å². The molecule has 1 aliphatic heterocycles. The van der Waals surface area contributed by atoms with Gasteiger partial charge in [0.1, 0.15) is 5.01 Å². The van der Waals surface area contributed by atoms with Crippen molar-refractivity contribution in [2.24, 2.45) is 0 Å².